The summed E-state index contributed by atoms with van der Waals surface area (Å²) in [4.78, 5) is 28.9. The van der Waals surface area contributed by atoms with Crippen molar-refractivity contribution in [2.24, 2.45) is 11.8 Å². The SMILES string of the molecule is CC(C)CCN1CCC(C(=O)Nc2cc3cc(-c4cncc(NC(C)C)n4)ccc3cn2)CC1. The number of benzene rings is 1. The number of rotatable bonds is 8. The van der Waals surface area contributed by atoms with Gasteiger partial charge in [0.2, 0.25) is 5.91 Å². The second-order valence-electron chi connectivity index (χ2n) is 10.0. The maximum atomic E-state index is 12.9. The number of fused-ring (bicyclic) bond motifs is 1. The van der Waals surface area contributed by atoms with E-state index in [1.165, 1.54) is 6.42 Å². The van der Waals surface area contributed by atoms with E-state index in [4.69, 9.17) is 0 Å². The van der Waals surface area contributed by atoms with Crippen molar-refractivity contribution >= 4 is 28.3 Å². The third-order valence-corrected chi connectivity index (χ3v) is 6.32. The molecular formula is C27H36N6O. The Labute approximate surface area is 202 Å². The molecule has 180 valence electrons. The van der Waals surface area contributed by atoms with Crippen LogP contribution in [0.2, 0.25) is 0 Å². The molecular weight excluding hydrogens is 424 g/mol. The van der Waals surface area contributed by atoms with Crippen molar-refractivity contribution in [1.82, 2.24) is 19.9 Å². The molecule has 1 amide bonds. The predicted molar refractivity (Wildman–Crippen MR) is 139 cm³/mol. The number of hydrogen-bond donors (Lipinski definition) is 2. The van der Waals surface area contributed by atoms with Crippen LogP contribution < -0.4 is 10.6 Å². The number of hydrogen-bond acceptors (Lipinski definition) is 6. The molecule has 3 aromatic rings. The number of carbonyl (C=O) groups is 1. The number of piperidine rings is 1. The number of amides is 1. The summed E-state index contributed by atoms with van der Waals surface area (Å²) in [7, 11) is 0. The summed E-state index contributed by atoms with van der Waals surface area (Å²) in [6, 6.07) is 8.35. The molecule has 1 aliphatic rings. The van der Waals surface area contributed by atoms with Crippen molar-refractivity contribution in [2.45, 2.75) is 53.0 Å². The lowest BCUT2D eigenvalue weighted by Crippen LogP contribution is -2.38. The van der Waals surface area contributed by atoms with E-state index < -0.39 is 0 Å². The van der Waals surface area contributed by atoms with Crippen molar-refractivity contribution in [3.63, 3.8) is 0 Å². The van der Waals surface area contributed by atoms with Crippen molar-refractivity contribution in [2.75, 3.05) is 30.3 Å². The van der Waals surface area contributed by atoms with Gasteiger partial charge in [-0.3, -0.25) is 9.78 Å². The number of carbonyl (C=O) groups excluding carboxylic acids is 1. The Bertz CT molecular complexity index is 1120. The van der Waals surface area contributed by atoms with Gasteiger partial charge in [0, 0.05) is 29.1 Å². The van der Waals surface area contributed by atoms with Crippen LogP contribution in [-0.2, 0) is 4.79 Å². The Morgan fingerprint density at radius 3 is 2.56 bits per heavy atom. The minimum absolute atomic E-state index is 0.0469. The second-order valence-corrected chi connectivity index (χ2v) is 10.0. The predicted octanol–water partition coefficient (Wildman–Crippen LogP) is 5.21. The normalized spacial score (nSPS) is 15.2. The molecule has 0 bridgehead atoms. The Morgan fingerprint density at radius 1 is 1.03 bits per heavy atom. The molecule has 0 saturated carbocycles. The fraction of sp³-hybridized carbons (Fsp3) is 0.481. The van der Waals surface area contributed by atoms with Gasteiger partial charge in [0.15, 0.2) is 0 Å². The average Bonchev–Trinajstić information content (AvgIpc) is 2.82. The zero-order chi connectivity index (χ0) is 24.1. The molecule has 0 radical (unpaired) electrons. The first-order valence-electron chi connectivity index (χ1n) is 12.4. The maximum Gasteiger partial charge on any atom is 0.228 e. The summed E-state index contributed by atoms with van der Waals surface area (Å²) >= 11 is 0. The summed E-state index contributed by atoms with van der Waals surface area (Å²) in [6.45, 7) is 11.8. The van der Waals surface area contributed by atoms with E-state index in [1.54, 1.807) is 12.4 Å². The van der Waals surface area contributed by atoms with Gasteiger partial charge in [-0.25, -0.2) is 9.97 Å². The lowest BCUT2D eigenvalue weighted by atomic mass is 9.95. The summed E-state index contributed by atoms with van der Waals surface area (Å²) in [6.07, 6.45) is 8.33. The van der Waals surface area contributed by atoms with Crippen molar-refractivity contribution in [1.29, 1.82) is 0 Å². The third kappa shape index (κ3) is 6.29. The number of likely N-dealkylation sites (tertiary alicyclic amines) is 1. The first-order chi connectivity index (χ1) is 16.4. The molecule has 0 atom stereocenters. The molecule has 1 fully saturated rings. The molecule has 2 N–H and O–H groups in total. The van der Waals surface area contributed by atoms with E-state index in [1.807, 2.05) is 24.4 Å². The minimum atomic E-state index is 0.0469. The third-order valence-electron chi connectivity index (χ3n) is 6.32. The van der Waals surface area contributed by atoms with Crippen LogP contribution in [-0.4, -0.2) is 51.4 Å². The number of nitrogens with zero attached hydrogens (tertiary/aromatic N) is 4. The highest BCUT2D eigenvalue weighted by atomic mass is 16.1. The molecule has 7 heteroatoms. The number of nitrogens with one attached hydrogen (secondary N) is 2. The van der Waals surface area contributed by atoms with Crippen LogP contribution in [0.4, 0.5) is 11.6 Å². The van der Waals surface area contributed by atoms with Gasteiger partial charge >= 0.3 is 0 Å². The summed E-state index contributed by atoms with van der Waals surface area (Å²) in [5, 5.41) is 8.37. The molecule has 0 unspecified atom stereocenters. The largest absolute Gasteiger partial charge is 0.367 e. The molecule has 2 aromatic heterocycles. The first-order valence-corrected chi connectivity index (χ1v) is 12.4. The Kier molecular flexibility index (Phi) is 7.73. The van der Waals surface area contributed by atoms with Gasteiger partial charge in [-0.2, -0.15) is 0 Å². The lowest BCUT2D eigenvalue weighted by molar-refractivity contribution is -0.121. The van der Waals surface area contributed by atoms with Crippen LogP contribution >= 0.6 is 0 Å². The summed E-state index contributed by atoms with van der Waals surface area (Å²) in [5.74, 6) is 2.19. The number of anilines is 2. The summed E-state index contributed by atoms with van der Waals surface area (Å²) in [5.41, 5.74) is 1.78. The Balaban J connectivity index is 1.43. The van der Waals surface area contributed by atoms with Crippen molar-refractivity contribution in [3.05, 3.63) is 42.9 Å². The van der Waals surface area contributed by atoms with Crippen molar-refractivity contribution < 1.29 is 4.79 Å². The zero-order valence-corrected chi connectivity index (χ0v) is 20.7. The molecule has 0 aliphatic carbocycles. The van der Waals surface area contributed by atoms with Gasteiger partial charge in [-0.1, -0.05) is 26.0 Å². The van der Waals surface area contributed by atoms with E-state index in [0.717, 1.165) is 60.3 Å². The van der Waals surface area contributed by atoms with Crippen molar-refractivity contribution in [3.8, 4) is 11.3 Å². The quantitative estimate of drug-likeness (QED) is 0.480. The van der Waals surface area contributed by atoms with Gasteiger partial charge in [0.05, 0.1) is 18.1 Å². The van der Waals surface area contributed by atoms with E-state index in [2.05, 4.69) is 64.2 Å². The fourth-order valence-electron chi connectivity index (χ4n) is 4.33. The van der Waals surface area contributed by atoms with Crippen LogP contribution in [0.15, 0.2) is 42.9 Å². The van der Waals surface area contributed by atoms with Gasteiger partial charge in [0.1, 0.15) is 11.6 Å². The number of aromatic nitrogens is 3. The van der Waals surface area contributed by atoms with Gasteiger partial charge in [-0.15, -0.1) is 0 Å². The number of pyridine rings is 1. The van der Waals surface area contributed by atoms with Crippen LogP contribution in [0.25, 0.3) is 22.0 Å². The molecule has 7 nitrogen and oxygen atoms in total. The highest BCUT2D eigenvalue weighted by molar-refractivity contribution is 5.95. The topological polar surface area (TPSA) is 83.0 Å². The molecule has 34 heavy (non-hydrogen) atoms. The van der Waals surface area contributed by atoms with Crippen LogP contribution in [0.5, 0.6) is 0 Å². The van der Waals surface area contributed by atoms with Crippen LogP contribution in [0.3, 0.4) is 0 Å². The minimum Gasteiger partial charge on any atom is -0.367 e. The Hall–Kier alpha value is -3.06. The van der Waals surface area contributed by atoms with Gasteiger partial charge < -0.3 is 15.5 Å². The monoisotopic (exact) mass is 460 g/mol. The van der Waals surface area contributed by atoms with E-state index in [9.17, 15) is 4.79 Å². The van der Waals surface area contributed by atoms with Crippen LogP contribution in [0, 0.1) is 11.8 Å². The van der Waals surface area contributed by atoms with E-state index in [0.29, 0.717) is 11.7 Å². The highest BCUT2D eigenvalue weighted by Crippen LogP contribution is 2.26. The second kappa shape index (κ2) is 10.9. The molecule has 1 aliphatic heterocycles. The van der Waals surface area contributed by atoms with Crippen LogP contribution in [0.1, 0.15) is 47.0 Å². The highest BCUT2D eigenvalue weighted by Gasteiger charge is 2.25. The molecule has 3 heterocycles. The van der Waals surface area contributed by atoms with E-state index >= 15 is 0 Å². The van der Waals surface area contributed by atoms with Gasteiger partial charge in [0.25, 0.3) is 0 Å². The standard InChI is InChI=1S/C27H36N6O/c1-18(2)7-10-33-11-8-20(9-12-33)27(34)32-25-14-23-13-21(5-6-22(23)15-29-25)24-16-28-17-26(31-24)30-19(3)4/h5-6,13-20H,7-12H2,1-4H3,(H,30,31)(H,29,32,34). The fourth-order valence-corrected chi connectivity index (χ4v) is 4.33. The molecule has 1 aromatic carbocycles. The average molecular weight is 461 g/mol. The molecule has 4 rings (SSSR count). The maximum absolute atomic E-state index is 12.9. The lowest BCUT2D eigenvalue weighted by Gasteiger charge is -2.31. The first kappa shape index (κ1) is 24.1. The smallest absolute Gasteiger partial charge is 0.228 e. The van der Waals surface area contributed by atoms with E-state index in [-0.39, 0.29) is 17.9 Å². The zero-order valence-electron chi connectivity index (χ0n) is 20.7. The Morgan fingerprint density at radius 2 is 1.82 bits per heavy atom. The molecule has 0 spiro atoms. The molecule has 1 saturated heterocycles. The summed E-state index contributed by atoms with van der Waals surface area (Å²) < 4.78 is 0. The van der Waals surface area contributed by atoms with Gasteiger partial charge in [-0.05, 0) is 76.2 Å².